The first-order valence-corrected chi connectivity index (χ1v) is 7.53. The molecule has 0 aliphatic heterocycles. The zero-order chi connectivity index (χ0) is 16.2. The Hall–Kier alpha value is -2.53. The molecule has 0 bridgehead atoms. The first-order chi connectivity index (χ1) is 11.1. The lowest BCUT2D eigenvalue weighted by Gasteiger charge is -2.11. The van der Waals surface area contributed by atoms with Crippen molar-refractivity contribution in [2.75, 3.05) is 6.61 Å². The van der Waals surface area contributed by atoms with Crippen LogP contribution in [0.2, 0.25) is 5.02 Å². The fourth-order valence-corrected chi connectivity index (χ4v) is 2.23. The van der Waals surface area contributed by atoms with Gasteiger partial charge in [0.05, 0.1) is 0 Å². The van der Waals surface area contributed by atoms with Crippen molar-refractivity contribution in [2.45, 2.75) is 13.0 Å². The summed E-state index contributed by atoms with van der Waals surface area (Å²) in [6.45, 7) is 1.72. The Morgan fingerprint density at radius 3 is 2.74 bits per heavy atom. The third-order valence-corrected chi connectivity index (χ3v) is 3.49. The van der Waals surface area contributed by atoms with Gasteiger partial charge in [0.2, 0.25) is 5.89 Å². The minimum Gasteiger partial charge on any atom is -0.484 e. The molecule has 1 atom stereocenters. The van der Waals surface area contributed by atoms with Gasteiger partial charge in [-0.2, -0.15) is 0 Å². The fraction of sp³-hybridized carbons (Fsp3) is 0.176. The number of carbonyl (C=O) groups is 1. The number of aromatic nitrogens is 1. The molecule has 1 amide bonds. The smallest absolute Gasteiger partial charge is 0.258 e. The van der Waals surface area contributed by atoms with Crippen LogP contribution in [0.25, 0.3) is 11.1 Å². The number of rotatable bonds is 5. The number of para-hydroxylation sites is 2. The zero-order valence-corrected chi connectivity index (χ0v) is 13.2. The molecule has 3 rings (SSSR count). The molecule has 0 fully saturated rings. The van der Waals surface area contributed by atoms with Crippen molar-refractivity contribution < 1.29 is 13.9 Å². The van der Waals surface area contributed by atoms with Crippen molar-refractivity contribution in [3.63, 3.8) is 0 Å². The number of carbonyl (C=O) groups excluding carboxylic acids is 1. The second-order valence-electron chi connectivity index (χ2n) is 5.05. The van der Waals surface area contributed by atoms with Crippen molar-refractivity contribution in [2.24, 2.45) is 0 Å². The molecule has 0 saturated carbocycles. The Bertz CT molecular complexity index is 781. The van der Waals surface area contributed by atoms with Crippen LogP contribution in [0.5, 0.6) is 5.75 Å². The average molecular weight is 331 g/mol. The van der Waals surface area contributed by atoms with E-state index in [1.54, 1.807) is 24.3 Å². The van der Waals surface area contributed by atoms with E-state index >= 15 is 0 Å². The average Bonchev–Trinajstić information content (AvgIpc) is 2.98. The third-order valence-electron chi connectivity index (χ3n) is 3.24. The summed E-state index contributed by atoms with van der Waals surface area (Å²) in [6, 6.07) is 13.9. The molecule has 6 heteroatoms. The van der Waals surface area contributed by atoms with Gasteiger partial charge in [-0.25, -0.2) is 4.98 Å². The summed E-state index contributed by atoms with van der Waals surface area (Å²) < 4.78 is 11.0. The Balaban J connectivity index is 1.57. The minimum atomic E-state index is -0.344. The van der Waals surface area contributed by atoms with E-state index in [0.717, 1.165) is 5.52 Å². The SMILES string of the molecule is CC(NC(=O)COc1ccc(Cl)cc1)c1nc2ccccc2o1. The zero-order valence-electron chi connectivity index (χ0n) is 12.5. The van der Waals surface area contributed by atoms with Gasteiger partial charge in [-0.1, -0.05) is 23.7 Å². The maximum atomic E-state index is 12.0. The molecule has 118 valence electrons. The second kappa shape index (κ2) is 6.71. The standard InChI is InChI=1S/C17H15ClN2O3/c1-11(17-20-14-4-2-3-5-15(14)23-17)19-16(21)10-22-13-8-6-12(18)7-9-13/h2-9,11H,10H2,1H3,(H,19,21). The Kier molecular flexibility index (Phi) is 4.48. The van der Waals surface area contributed by atoms with E-state index in [-0.39, 0.29) is 18.6 Å². The summed E-state index contributed by atoms with van der Waals surface area (Å²) in [6.07, 6.45) is 0. The summed E-state index contributed by atoms with van der Waals surface area (Å²) in [7, 11) is 0. The fourth-order valence-electron chi connectivity index (χ4n) is 2.10. The van der Waals surface area contributed by atoms with E-state index in [9.17, 15) is 4.79 Å². The summed E-state index contributed by atoms with van der Waals surface area (Å²) in [5, 5.41) is 3.41. The van der Waals surface area contributed by atoms with Gasteiger partial charge in [-0.05, 0) is 43.3 Å². The molecule has 1 aromatic heterocycles. The van der Waals surface area contributed by atoms with Crippen LogP contribution in [-0.4, -0.2) is 17.5 Å². The van der Waals surface area contributed by atoms with Gasteiger partial charge in [-0.3, -0.25) is 4.79 Å². The molecule has 5 nitrogen and oxygen atoms in total. The number of hydrogen-bond donors (Lipinski definition) is 1. The normalized spacial score (nSPS) is 12.1. The van der Waals surface area contributed by atoms with Crippen LogP contribution in [-0.2, 0) is 4.79 Å². The summed E-state index contributed by atoms with van der Waals surface area (Å²) in [4.78, 5) is 16.3. The van der Waals surface area contributed by atoms with E-state index in [4.69, 9.17) is 20.8 Å². The highest BCUT2D eigenvalue weighted by atomic mass is 35.5. The van der Waals surface area contributed by atoms with Gasteiger partial charge in [0.1, 0.15) is 17.3 Å². The lowest BCUT2D eigenvalue weighted by atomic mass is 10.3. The van der Waals surface area contributed by atoms with E-state index in [1.165, 1.54) is 0 Å². The molecule has 0 radical (unpaired) electrons. The molecule has 0 aliphatic carbocycles. The molecular formula is C17H15ClN2O3. The molecular weight excluding hydrogens is 316 g/mol. The first kappa shape index (κ1) is 15.4. The molecule has 1 heterocycles. The topological polar surface area (TPSA) is 64.4 Å². The molecule has 2 aromatic carbocycles. The third kappa shape index (κ3) is 3.81. The lowest BCUT2D eigenvalue weighted by molar-refractivity contribution is -0.123. The molecule has 0 spiro atoms. The quantitative estimate of drug-likeness (QED) is 0.774. The molecule has 0 aliphatic rings. The molecule has 23 heavy (non-hydrogen) atoms. The van der Waals surface area contributed by atoms with Crippen LogP contribution in [0.1, 0.15) is 18.9 Å². The number of nitrogens with zero attached hydrogens (tertiary/aromatic N) is 1. The van der Waals surface area contributed by atoms with Crippen molar-refractivity contribution in [1.82, 2.24) is 10.3 Å². The Morgan fingerprint density at radius 1 is 1.26 bits per heavy atom. The number of amides is 1. The van der Waals surface area contributed by atoms with E-state index in [0.29, 0.717) is 22.2 Å². The van der Waals surface area contributed by atoms with Crippen molar-refractivity contribution in [3.05, 3.63) is 59.4 Å². The highest BCUT2D eigenvalue weighted by Crippen LogP contribution is 2.19. The largest absolute Gasteiger partial charge is 0.484 e. The predicted molar refractivity (Wildman–Crippen MR) is 87.5 cm³/mol. The van der Waals surface area contributed by atoms with Gasteiger partial charge in [0.25, 0.3) is 5.91 Å². The van der Waals surface area contributed by atoms with E-state index in [1.807, 2.05) is 31.2 Å². The van der Waals surface area contributed by atoms with Crippen molar-refractivity contribution >= 4 is 28.6 Å². The predicted octanol–water partition coefficient (Wildman–Crippen LogP) is 3.74. The second-order valence-corrected chi connectivity index (χ2v) is 5.49. The molecule has 1 unspecified atom stereocenters. The van der Waals surface area contributed by atoms with Gasteiger partial charge in [-0.15, -0.1) is 0 Å². The van der Waals surface area contributed by atoms with E-state index in [2.05, 4.69) is 10.3 Å². The van der Waals surface area contributed by atoms with Crippen LogP contribution in [0, 0.1) is 0 Å². The maximum Gasteiger partial charge on any atom is 0.258 e. The Morgan fingerprint density at radius 2 is 2.00 bits per heavy atom. The number of ether oxygens (including phenoxy) is 1. The van der Waals surface area contributed by atoms with Gasteiger partial charge in [0, 0.05) is 5.02 Å². The number of hydrogen-bond acceptors (Lipinski definition) is 4. The van der Waals surface area contributed by atoms with Crippen LogP contribution in [0.3, 0.4) is 0 Å². The number of halogens is 1. The number of benzene rings is 2. The van der Waals surface area contributed by atoms with Crippen LogP contribution in [0.15, 0.2) is 52.9 Å². The number of oxazole rings is 1. The summed E-state index contributed by atoms with van der Waals surface area (Å²) in [5.74, 6) is 0.791. The molecule has 0 saturated heterocycles. The minimum absolute atomic E-state index is 0.0911. The number of fused-ring (bicyclic) bond motifs is 1. The summed E-state index contributed by atoms with van der Waals surface area (Å²) in [5.41, 5.74) is 1.46. The van der Waals surface area contributed by atoms with Crippen LogP contribution < -0.4 is 10.1 Å². The van der Waals surface area contributed by atoms with Crippen molar-refractivity contribution in [1.29, 1.82) is 0 Å². The first-order valence-electron chi connectivity index (χ1n) is 7.15. The van der Waals surface area contributed by atoms with Crippen LogP contribution >= 0.6 is 11.6 Å². The number of nitrogens with one attached hydrogen (secondary N) is 1. The monoisotopic (exact) mass is 330 g/mol. The van der Waals surface area contributed by atoms with Gasteiger partial charge in [0.15, 0.2) is 12.2 Å². The van der Waals surface area contributed by atoms with Crippen molar-refractivity contribution in [3.8, 4) is 5.75 Å². The summed E-state index contributed by atoms with van der Waals surface area (Å²) >= 11 is 5.79. The lowest BCUT2D eigenvalue weighted by Crippen LogP contribution is -2.31. The molecule has 1 N–H and O–H groups in total. The van der Waals surface area contributed by atoms with Gasteiger partial charge < -0.3 is 14.5 Å². The maximum absolute atomic E-state index is 12.0. The Labute approximate surface area is 138 Å². The molecule has 3 aromatic rings. The van der Waals surface area contributed by atoms with Gasteiger partial charge >= 0.3 is 0 Å². The highest BCUT2D eigenvalue weighted by molar-refractivity contribution is 6.30. The van der Waals surface area contributed by atoms with Crippen LogP contribution in [0.4, 0.5) is 0 Å². The van der Waals surface area contributed by atoms with E-state index < -0.39 is 0 Å². The highest BCUT2D eigenvalue weighted by Gasteiger charge is 2.16.